The molecule has 0 saturated heterocycles. The number of benzene rings is 2. The van der Waals surface area contributed by atoms with Crippen LogP contribution < -0.4 is 10.1 Å². The molecule has 0 aliphatic rings. The number of halogens is 2. The standard InChI is InChI=1S/C17H9BrFN3OS/c18-12-5-1-10(2-6-12)9-14-16(23)22-17(24-14)20-15(21-22)11-3-7-13(19)8-4-11/h1-9H. The maximum Gasteiger partial charge on any atom is 0.291 e. The summed E-state index contributed by atoms with van der Waals surface area (Å²) in [6.45, 7) is 0. The lowest BCUT2D eigenvalue weighted by atomic mass is 10.2. The van der Waals surface area contributed by atoms with Gasteiger partial charge < -0.3 is 0 Å². The van der Waals surface area contributed by atoms with E-state index < -0.39 is 0 Å². The van der Waals surface area contributed by atoms with E-state index in [0.29, 0.717) is 20.9 Å². The molecule has 4 rings (SSSR count). The van der Waals surface area contributed by atoms with Crippen LogP contribution in [0.2, 0.25) is 0 Å². The molecular weight excluding hydrogens is 393 g/mol. The fourth-order valence-corrected chi connectivity index (χ4v) is 3.44. The summed E-state index contributed by atoms with van der Waals surface area (Å²) in [5.41, 5.74) is 1.39. The third-order valence-electron chi connectivity index (χ3n) is 3.45. The van der Waals surface area contributed by atoms with Gasteiger partial charge in [-0.15, -0.1) is 5.10 Å². The normalized spacial score (nSPS) is 12.2. The zero-order valence-electron chi connectivity index (χ0n) is 12.1. The monoisotopic (exact) mass is 401 g/mol. The van der Waals surface area contributed by atoms with Crippen LogP contribution in [0.1, 0.15) is 5.56 Å². The van der Waals surface area contributed by atoms with Crippen molar-refractivity contribution in [2.45, 2.75) is 0 Å². The van der Waals surface area contributed by atoms with E-state index in [4.69, 9.17) is 0 Å². The van der Waals surface area contributed by atoms with Gasteiger partial charge in [0.2, 0.25) is 4.96 Å². The number of nitrogens with zero attached hydrogens (tertiary/aromatic N) is 3. The van der Waals surface area contributed by atoms with Crippen LogP contribution >= 0.6 is 27.3 Å². The molecule has 24 heavy (non-hydrogen) atoms. The molecular formula is C17H9BrFN3OS. The second-order valence-electron chi connectivity index (χ2n) is 5.10. The zero-order valence-corrected chi connectivity index (χ0v) is 14.5. The zero-order chi connectivity index (χ0) is 16.7. The van der Waals surface area contributed by atoms with Crippen molar-refractivity contribution in [1.29, 1.82) is 0 Å². The topological polar surface area (TPSA) is 47.3 Å². The second-order valence-corrected chi connectivity index (χ2v) is 7.03. The van der Waals surface area contributed by atoms with Gasteiger partial charge in [-0.25, -0.2) is 4.39 Å². The Morgan fingerprint density at radius 1 is 1.08 bits per heavy atom. The number of rotatable bonds is 2. The summed E-state index contributed by atoms with van der Waals surface area (Å²) in [5, 5.41) is 4.24. The Bertz CT molecular complexity index is 1130. The van der Waals surface area contributed by atoms with Crippen molar-refractivity contribution in [1.82, 2.24) is 14.6 Å². The minimum atomic E-state index is -0.323. The Hall–Kier alpha value is -2.38. The average Bonchev–Trinajstić information content (AvgIpc) is 3.11. The highest BCUT2D eigenvalue weighted by Crippen LogP contribution is 2.17. The van der Waals surface area contributed by atoms with Crippen molar-refractivity contribution in [2.24, 2.45) is 0 Å². The van der Waals surface area contributed by atoms with Crippen molar-refractivity contribution in [2.75, 3.05) is 0 Å². The van der Waals surface area contributed by atoms with Crippen LogP contribution in [0, 0.1) is 5.82 Å². The second kappa shape index (κ2) is 5.92. The average molecular weight is 402 g/mol. The Kier molecular flexibility index (Phi) is 3.74. The van der Waals surface area contributed by atoms with Crippen LogP contribution in [0.15, 0.2) is 57.8 Å². The van der Waals surface area contributed by atoms with Crippen molar-refractivity contribution in [3.8, 4) is 11.4 Å². The van der Waals surface area contributed by atoms with Gasteiger partial charge in [0, 0.05) is 10.0 Å². The summed E-state index contributed by atoms with van der Waals surface area (Å²) in [7, 11) is 0. The van der Waals surface area contributed by atoms with Gasteiger partial charge in [0.15, 0.2) is 5.82 Å². The number of thiazole rings is 1. The largest absolute Gasteiger partial charge is 0.291 e. The van der Waals surface area contributed by atoms with E-state index >= 15 is 0 Å². The molecule has 0 fully saturated rings. The first-order valence-electron chi connectivity index (χ1n) is 7.03. The van der Waals surface area contributed by atoms with Crippen LogP contribution in [-0.2, 0) is 0 Å². The predicted octanol–water partition coefficient (Wildman–Crippen LogP) is 3.27. The maximum atomic E-state index is 13.0. The fourth-order valence-electron chi connectivity index (χ4n) is 2.27. The highest BCUT2D eigenvalue weighted by molar-refractivity contribution is 9.10. The van der Waals surface area contributed by atoms with Gasteiger partial charge in [-0.3, -0.25) is 4.79 Å². The molecule has 2 aromatic heterocycles. The first kappa shape index (κ1) is 15.2. The molecule has 4 nitrogen and oxygen atoms in total. The SMILES string of the molecule is O=c1c(=Cc2ccc(Br)cc2)sc2nc(-c3ccc(F)cc3)nn12. The Balaban J connectivity index is 1.79. The summed E-state index contributed by atoms with van der Waals surface area (Å²) >= 11 is 4.66. The molecule has 0 spiro atoms. The highest BCUT2D eigenvalue weighted by Gasteiger charge is 2.11. The van der Waals surface area contributed by atoms with Crippen molar-refractivity contribution < 1.29 is 4.39 Å². The van der Waals surface area contributed by atoms with Crippen molar-refractivity contribution in [3.63, 3.8) is 0 Å². The van der Waals surface area contributed by atoms with Crippen LogP contribution in [0.5, 0.6) is 0 Å². The minimum Gasteiger partial charge on any atom is -0.266 e. The molecule has 7 heteroatoms. The number of hydrogen-bond donors (Lipinski definition) is 0. The van der Waals surface area contributed by atoms with Gasteiger partial charge in [-0.05, 0) is 48.0 Å². The maximum absolute atomic E-state index is 13.0. The molecule has 0 N–H and O–H groups in total. The molecule has 118 valence electrons. The molecule has 0 bridgehead atoms. The lowest BCUT2D eigenvalue weighted by Crippen LogP contribution is -2.23. The van der Waals surface area contributed by atoms with Crippen LogP contribution in [0.4, 0.5) is 4.39 Å². The van der Waals surface area contributed by atoms with Crippen LogP contribution in [-0.4, -0.2) is 14.6 Å². The molecule has 0 aliphatic carbocycles. The first-order chi connectivity index (χ1) is 11.6. The Morgan fingerprint density at radius 2 is 1.79 bits per heavy atom. The molecule has 2 heterocycles. The molecule has 0 atom stereocenters. The molecule has 0 unspecified atom stereocenters. The van der Waals surface area contributed by atoms with Crippen molar-refractivity contribution >= 4 is 38.3 Å². The molecule has 0 aliphatic heterocycles. The lowest BCUT2D eigenvalue weighted by Gasteiger charge is -1.93. The third-order valence-corrected chi connectivity index (χ3v) is 4.94. The van der Waals surface area contributed by atoms with E-state index in [-0.39, 0.29) is 11.4 Å². The number of hydrogen-bond acceptors (Lipinski definition) is 4. The summed E-state index contributed by atoms with van der Waals surface area (Å²) in [4.78, 5) is 17.4. The Morgan fingerprint density at radius 3 is 2.46 bits per heavy atom. The highest BCUT2D eigenvalue weighted by atomic mass is 79.9. The van der Waals surface area contributed by atoms with Gasteiger partial charge >= 0.3 is 0 Å². The smallest absolute Gasteiger partial charge is 0.266 e. The summed E-state index contributed by atoms with van der Waals surface area (Å²) < 4.78 is 15.8. The Labute approximate surface area is 148 Å². The predicted molar refractivity (Wildman–Crippen MR) is 95.5 cm³/mol. The van der Waals surface area contributed by atoms with Gasteiger partial charge in [-0.2, -0.15) is 9.50 Å². The third kappa shape index (κ3) is 2.76. The first-order valence-corrected chi connectivity index (χ1v) is 8.64. The van der Waals surface area contributed by atoms with Gasteiger partial charge in [-0.1, -0.05) is 39.4 Å². The summed E-state index contributed by atoms with van der Waals surface area (Å²) in [6.07, 6.45) is 1.81. The summed E-state index contributed by atoms with van der Waals surface area (Å²) in [6, 6.07) is 13.5. The van der Waals surface area contributed by atoms with Crippen LogP contribution in [0.3, 0.4) is 0 Å². The van der Waals surface area contributed by atoms with E-state index in [1.807, 2.05) is 30.3 Å². The van der Waals surface area contributed by atoms with Gasteiger partial charge in [0.1, 0.15) is 5.82 Å². The number of fused-ring (bicyclic) bond motifs is 1. The van der Waals surface area contributed by atoms with Gasteiger partial charge in [0.05, 0.1) is 4.53 Å². The molecule has 0 amide bonds. The minimum absolute atomic E-state index is 0.209. The summed E-state index contributed by atoms with van der Waals surface area (Å²) in [5.74, 6) is 0.0872. The van der Waals surface area contributed by atoms with E-state index in [0.717, 1.165) is 10.0 Å². The quantitative estimate of drug-likeness (QED) is 0.517. The fraction of sp³-hybridized carbons (Fsp3) is 0. The van der Waals surface area contributed by atoms with E-state index in [9.17, 15) is 9.18 Å². The molecule has 0 saturated carbocycles. The molecule has 2 aromatic carbocycles. The van der Waals surface area contributed by atoms with Crippen LogP contribution in [0.25, 0.3) is 22.4 Å². The lowest BCUT2D eigenvalue weighted by molar-refractivity contribution is 0.628. The van der Waals surface area contributed by atoms with Crippen molar-refractivity contribution in [3.05, 3.63) is 79.3 Å². The molecule has 0 radical (unpaired) electrons. The number of aromatic nitrogens is 3. The molecule has 4 aromatic rings. The van der Waals surface area contributed by atoms with Gasteiger partial charge in [0.25, 0.3) is 5.56 Å². The van der Waals surface area contributed by atoms with E-state index in [1.165, 1.54) is 28.0 Å². The van der Waals surface area contributed by atoms with E-state index in [1.54, 1.807) is 12.1 Å². The van der Waals surface area contributed by atoms with E-state index in [2.05, 4.69) is 26.0 Å².